The molecule has 4 aromatic rings. The minimum Gasteiger partial charge on any atom is -0.507 e. The average molecular weight is 399 g/mol. The SMILES string of the molecule is C[C@@H](OC(=O)c1ccc2ccccc2c1O)/C(O)=C(\C#N)c1nc2ccccc2[nH]1. The maximum Gasteiger partial charge on any atom is 0.342 e. The highest BCUT2D eigenvalue weighted by Crippen LogP contribution is 2.30. The van der Waals surface area contributed by atoms with Crippen LogP contribution in [0.25, 0.3) is 27.4 Å². The fourth-order valence-corrected chi connectivity index (χ4v) is 3.21. The number of aromatic nitrogens is 2. The Labute approximate surface area is 171 Å². The lowest BCUT2D eigenvalue weighted by Crippen LogP contribution is -2.18. The fraction of sp³-hybridized carbons (Fsp3) is 0.0870. The van der Waals surface area contributed by atoms with Gasteiger partial charge in [0.2, 0.25) is 0 Å². The fourth-order valence-electron chi connectivity index (χ4n) is 3.21. The number of carbonyl (C=O) groups is 1. The number of aliphatic hydroxyl groups is 1. The monoisotopic (exact) mass is 399 g/mol. The van der Waals surface area contributed by atoms with Crippen LogP contribution in [-0.4, -0.2) is 32.3 Å². The number of nitrogens with one attached hydrogen (secondary N) is 1. The van der Waals surface area contributed by atoms with Gasteiger partial charge in [0.15, 0.2) is 17.7 Å². The van der Waals surface area contributed by atoms with Crippen LogP contribution in [0, 0.1) is 11.3 Å². The number of rotatable bonds is 4. The normalized spacial score (nSPS) is 12.9. The molecule has 7 heteroatoms. The van der Waals surface area contributed by atoms with E-state index < -0.39 is 17.8 Å². The Morgan fingerprint density at radius 3 is 2.63 bits per heavy atom. The minimum atomic E-state index is -1.13. The number of aromatic amines is 1. The molecule has 0 aliphatic carbocycles. The number of ether oxygens (including phenoxy) is 1. The molecule has 0 fully saturated rings. The van der Waals surface area contributed by atoms with Gasteiger partial charge in [-0.05, 0) is 30.5 Å². The van der Waals surface area contributed by atoms with Crippen molar-refractivity contribution in [1.29, 1.82) is 5.26 Å². The van der Waals surface area contributed by atoms with Gasteiger partial charge in [-0.2, -0.15) is 5.26 Å². The quantitative estimate of drug-likeness (QED) is 0.265. The number of H-pyrrole nitrogens is 1. The molecule has 3 N–H and O–H groups in total. The second kappa shape index (κ2) is 7.60. The topological polar surface area (TPSA) is 119 Å². The second-order valence-electron chi connectivity index (χ2n) is 6.71. The summed E-state index contributed by atoms with van der Waals surface area (Å²) < 4.78 is 5.31. The Morgan fingerprint density at radius 1 is 1.13 bits per heavy atom. The van der Waals surface area contributed by atoms with Crippen molar-refractivity contribution < 1.29 is 19.7 Å². The van der Waals surface area contributed by atoms with E-state index in [-0.39, 0.29) is 22.7 Å². The van der Waals surface area contributed by atoms with E-state index in [1.165, 1.54) is 13.0 Å². The summed E-state index contributed by atoms with van der Waals surface area (Å²) in [4.78, 5) is 19.9. The molecule has 1 heterocycles. The Morgan fingerprint density at radius 2 is 1.87 bits per heavy atom. The van der Waals surface area contributed by atoms with Crippen LogP contribution in [0.3, 0.4) is 0 Å². The summed E-state index contributed by atoms with van der Waals surface area (Å²) in [5, 5.41) is 31.8. The largest absolute Gasteiger partial charge is 0.507 e. The summed E-state index contributed by atoms with van der Waals surface area (Å²) in [6, 6.07) is 19.3. The van der Waals surface area contributed by atoms with Crippen molar-refractivity contribution in [3.8, 4) is 11.8 Å². The summed E-state index contributed by atoms with van der Waals surface area (Å²) in [6.07, 6.45) is -1.13. The zero-order valence-corrected chi connectivity index (χ0v) is 16.0. The number of para-hydroxylation sites is 2. The molecule has 0 saturated heterocycles. The number of hydrogen-bond donors (Lipinski definition) is 3. The number of nitriles is 1. The number of allylic oxidation sites excluding steroid dienone is 1. The number of benzene rings is 3. The van der Waals surface area contributed by atoms with Crippen LogP contribution in [0.1, 0.15) is 23.1 Å². The van der Waals surface area contributed by atoms with E-state index in [9.17, 15) is 20.3 Å². The van der Waals surface area contributed by atoms with Gasteiger partial charge in [-0.3, -0.25) is 0 Å². The van der Waals surface area contributed by atoms with Gasteiger partial charge >= 0.3 is 5.97 Å². The molecule has 0 aliphatic heterocycles. The van der Waals surface area contributed by atoms with Crippen LogP contribution >= 0.6 is 0 Å². The summed E-state index contributed by atoms with van der Waals surface area (Å²) >= 11 is 0. The highest BCUT2D eigenvalue weighted by atomic mass is 16.6. The number of phenolic OH excluding ortho intramolecular Hbond substituents is 1. The third-order valence-electron chi connectivity index (χ3n) is 4.78. The molecule has 4 rings (SSSR count). The first-order valence-electron chi connectivity index (χ1n) is 9.19. The smallest absolute Gasteiger partial charge is 0.342 e. The molecule has 0 unspecified atom stereocenters. The van der Waals surface area contributed by atoms with Crippen LogP contribution in [-0.2, 0) is 4.74 Å². The van der Waals surface area contributed by atoms with E-state index >= 15 is 0 Å². The zero-order chi connectivity index (χ0) is 21.3. The molecule has 1 atom stereocenters. The van der Waals surface area contributed by atoms with Gasteiger partial charge in [-0.1, -0.05) is 42.5 Å². The van der Waals surface area contributed by atoms with Crippen molar-refractivity contribution in [3.63, 3.8) is 0 Å². The van der Waals surface area contributed by atoms with Crippen LogP contribution < -0.4 is 0 Å². The highest BCUT2D eigenvalue weighted by Gasteiger charge is 2.23. The second-order valence-corrected chi connectivity index (χ2v) is 6.71. The van der Waals surface area contributed by atoms with Crippen molar-refractivity contribution in [1.82, 2.24) is 9.97 Å². The lowest BCUT2D eigenvalue weighted by atomic mass is 10.1. The third-order valence-corrected chi connectivity index (χ3v) is 4.78. The lowest BCUT2D eigenvalue weighted by Gasteiger charge is -2.15. The molecule has 7 nitrogen and oxygen atoms in total. The van der Waals surface area contributed by atoms with Crippen molar-refractivity contribution in [2.45, 2.75) is 13.0 Å². The van der Waals surface area contributed by atoms with Crippen LogP contribution in [0.2, 0.25) is 0 Å². The van der Waals surface area contributed by atoms with Gasteiger partial charge in [-0.15, -0.1) is 0 Å². The highest BCUT2D eigenvalue weighted by molar-refractivity contribution is 6.01. The Kier molecular flexibility index (Phi) is 4.82. The third kappa shape index (κ3) is 3.31. The first-order chi connectivity index (χ1) is 14.5. The molecular formula is C23H17N3O4. The molecule has 0 amide bonds. The molecule has 0 aliphatic rings. The number of fused-ring (bicyclic) bond motifs is 2. The summed E-state index contributed by atoms with van der Waals surface area (Å²) in [5.41, 5.74) is 1.18. The zero-order valence-electron chi connectivity index (χ0n) is 16.0. The van der Waals surface area contributed by atoms with Crippen molar-refractivity contribution in [2.24, 2.45) is 0 Å². The molecule has 0 spiro atoms. The van der Waals surface area contributed by atoms with E-state index in [1.807, 2.05) is 30.3 Å². The minimum absolute atomic E-state index is 0.0319. The van der Waals surface area contributed by atoms with Crippen LogP contribution in [0.15, 0.2) is 66.4 Å². The first-order valence-corrected chi connectivity index (χ1v) is 9.19. The maximum absolute atomic E-state index is 12.6. The van der Waals surface area contributed by atoms with E-state index in [0.717, 1.165) is 5.39 Å². The van der Waals surface area contributed by atoms with Gasteiger partial charge in [0, 0.05) is 5.39 Å². The molecule has 148 valence electrons. The van der Waals surface area contributed by atoms with Crippen molar-refractivity contribution >= 4 is 33.3 Å². The summed E-state index contributed by atoms with van der Waals surface area (Å²) in [5.74, 6) is -1.29. The molecule has 0 radical (unpaired) electrons. The van der Waals surface area contributed by atoms with E-state index in [2.05, 4.69) is 9.97 Å². The van der Waals surface area contributed by atoms with Gasteiger partial charge < -0.3 is 19.9 Å². The number of phenols is 1. The average Bonchev–Trinajstić information content (AvgIpc) is 3.18. The van der Waals surface area contributed by atoms with E-state index in [4.69, 9.17) is 4.74 Å². The Balaban J connectivity index is 1.63. The first kappa shape index (κ1) is 19.0. The number of nitrogens with zero attached hydrogens (tertiary/aromatic N) is 2. The van der Waals surface area contributed by atoms with Gasteiger partial charge in [0.05, 0.1) is 11.0 Å². The van der Waals surface area contributed by atoms with Crippen LogP contribution in [0.4, 0.5) is 0 Å². The van der Waals surface area contributed by atoms with E-state index in [1.54, 1.807) is 30.3 Å². The Bertz CT molecular complexity index is 1310. The van der Waals surface area contributed by atoms with Gasteiger partial charge in [0.1, 0.15) is 23.0 Å². The number of aromatic hydroxyl groups is 1. The van der Waals surface area contributed by atoms with Crippen molar-refractivity contribution in [2.75, 3.05) is 0 Å². The van der Waals surface area contributed by atoms with Gasteiger partial charge in [-0.25, -0.2) is 9.78 Å². The number of hydrogen-bond acceptors (Lipinski definition) is 6. The predicted octanol–water partition coefficient (Wildman–Crippen LogP) is 4.46. The van der Waals surface area contributed by atoms with Crippen molar-refractivity contribution in [3.05, 3.63) is 77.8 Å². The van der Waals surface area contributed by atoms with Gasteiger partial charge in [0.25, 0.3) is 0 Å². The maximum atomic E-state index is 12.6. The Hall–Kier alpha value is -4.31. The molecule has 3 aromatic carbocycles. The number of esters is 1. The van der Waals surface area contributed by atoms with E-state index in [0.29, 0.717) is 16.4 Å². The summed E-state index contributed by atoms with van der Waals surface area (Å²) in [6.45, 7) is 1.44. The molecule has 0 saturated carbocycles. The number of imidazole rings is 1. The molecule has 0 bridgehead atoms. The summed E-state index contributed by atoms with van der Waals surface area (Å²) in [7, 11) is 0. The number of carbonyl (C=O) groups excluding carboxylic acids is 1. The molecular weight excluding hydrogens is 382 g/mol. The molecule has 30 heavy (non-hydrogen) atoms. The standard InChI is InChI=1S/C23H17N3O4/c1-13(20(27)17(12-24)22-25-18-8-4-5-9-19(18)26-22)30-23(29)16-11-10-14-6-2-3-7-15(14)21(16)28/h2-11,13,27-28H,1H3,(H,25,26)/b20-17-/t13-/m1/s1. The number of aliphatic hydroxyl groups excluding tert-OH is 1. The predicted molar refractivity (Wildman–Crippen MR) is 112 cm³/mol. The van der Waals surface area contributed by atoms with Crippen LogP contribution in [0.5, 0.6) is 5.75 Å². The lowest BCUT2D eigenvalue weighted by molar-refractivity contribution is 0.0331. The molecule has 1 aromatic heterocycles.